The average molecular weight is 386 g/mol. The number of benzene rings is 2. The van der Waals surface area contributed by atoms with E-state index in [-0.39, 0.29) is 21.3 Å². The van der Waals surface area contributed by atoms with E-state index in [1.807, 2.05) is 0 Å². The molecule has 2 aromatic rings. The van der Waals surface area contributed by atoms with Gasteiger partial charge in [0.05, 0.1) is 21.3 Å². The molecule has 2 amide bonds. The van der Waals surface area contributed by atoms with Gasteiger partial charge in [-0.2, -0.15) is 8.78 Å². The number of carbonyl (C=O) groups is 2. The number of nitrogens with zero attached hydrogens (tertiary/aromatic N) is 1. The van der Waals surface area contributed by atoms with Crippen LogP contribution in [0, 0.1) is 5.82 Å². The minimum atomic E-state index is -3.23. The summed E-state index contributed by atoms with van der Waals surface area (Å²) in [5.41, 5.74) is 0.0201. The van der Waals surface area contributed by atoms with Gasteiger partial charge in [-0.3, -0.25) is 9.59 Å². The van der Waals surface area contributed by atoms with E-state index in [2.05, 4.69) is 20.7 Å². The van der Waals surface area contributed by atoms with Crippen molar-refractivity contribution in [3.05, 3.63) is 57.8 Å². The molecule has 23 heavy (non-hydrogen) atoms. The van der Waals surface area contributed by atoms with Crippen molar-refractivity contribution in [1.82, 2.24) is 0 Å². The summed E-state index contributed by atoms with van der Waals surface area (Å²) in [6.45, 7) is -3.23. The number of anilines is 1. The molecule has 0 saturated heterocycles. The third kappa shape index (κ3) is 2.59. The van der Waals surface area contributed by atoms with Crippen molar-refractivity contribution >= 4 is 33.4 Å². The highest BCUT2D eigenvalue weighted by Crippen LogP contribution is 2.38. The minimum absolute atomic E-state index is 0.0920. The molecule has 0 atom stereocenters. The van der Waals surface area contributed by atoms with Crippen LogP contribution in [0.15, 0.2) is 40.9 Å². The van der Waals surface area contributed by atoms with Gasteiger partial charge in [-0.05, 0) is 34.1 Å². The molecule has 118 valence electrons. The van der Waals surface area contributed by atoms with Crippen molar-refractivity contribution in [2.45, 2.75) is 6.61 Å². The van der Waals surface area contributed by atoms with Crippen LogP contribution in [0.3, 0.4) is 0 Å². The zero-order valence-electron chi connectivity index (χ0n) is 11.2. The molecule has 1 aliphatic rings. The summed E-state index contributed by atoms with van der Waals surface area (Å²) >= 11 is 2.90. The van der Waals surface area contributed by atoms with Crippen LogP contribution in [0.1, 0.15) is 20.7 Å². The summed E-state index contributed by atoms with van der Waals surface area (Å²) < 4.78 is 42.8. The standard InChI is InChI=1S/C15H7BrF3NO3/c16-9-5-11(12(6-10(9)17)23-15(18)19)20-13(21)7-3-1-2-4-8(7)14(20)22/h1-6,15H. The Kier molecular flexibility index (Phi) is 3.85. The van der Waals surface area contributed by atoms with Crippen LogP contribution in [0.25, 0.3) is 0 Å². The lowest BCUT2D eigenvalue weighted by Crippen LogP contribution is -2.30. The van der Waals surface area contributed by atoms with Gasteiger partial charge in [-0.1, -0.05) is 12.1 Å². The fourth-order valence-electron chi connectivity index (χ4n) is 2.29. The first-order valence-electron chi connectivity index (χ1n) is 6.32. The van der Waals surface area contributed by atoms with Gasteiger partial charge >= 0.3 is 6.61 Å². The van der Waals surface area contributed by atoms with E-state index < -0.39 is 30.0 Å². The van der Waals surface area contributed by atoms with Gasteiger partial charge in [0.2, 0.25) is 0 Å². The third-order valence-corrected chi connectivity index (χ3v) is 3.86. The zero-order chi connectivity index (χ0) is 16.7. The predicted molar refractivity (Wildman–Crippen MR) is 78.3 cm³/mol. The highest BCUT2D eigenvalue weighted by molar-refractivity contribution is 9.10. The monoisotopic (exact) mass is 385 g/mol. The maximum absolute atomic E-state index is 13.6. The number of halogens is 4. The number of alkyl halides is 2. The fraction of sp³-hybridized carbons (Fsp3) is 0.0667. The van der Waals surface area contributed by atoms with Crippen LogP contribution in [0.2, 0.25) is 0 Å². The van der Waals surface area contributed by atoms with Crippen molar-refractivity contribution in [3.8, 4) is 5.75 Å². The first-order valence-corrected chi connectivity index (χ1v) is 7.11. The molecular formula is C15H7BrF3NO3. The van der Waals surface area contributed by atoms with Gasteiger partial charge in [0.15, 0.2) is 5.75 Å². The molecule has 0 fully saturated rings. The van der Waals surface area contributed by atoms with Crippen molar-refractivity contribution in [1.29, 1.82) is 0 Å². The number of rotatable bonds is 3. The van der Waals surface area contributed by atoms with Gasteiger partial charge in [0.1, 0.15) is 5.82 Å². The third-order valence-electron chi connectivity index (χ3n) is 3.25. The lowest BCUT2D eigenvalue weighted by Gasteiger charge is -2.18. The summed E-state index contributed by atoms with van der Waals surface area (Å²) in [6.07, 6.45) is 0. The van der Waals surface area contributed by atoms with E-state index in [4.69, 9.17) is 0 Å². The molecule has 3 rings (SSSR count). The Morgan fingerprint density at radius 2 is 1.61 bits per heavy atom. The molecule has 1 heterocycles. The zero-order valence-corrected chi connectivity index (χ0v) is 12.8. The number of imide groups is 1. The molecule has 1 aliphatic heterocycles. The average Bonchev–Trinajstić information content (AvgIpc) is 2.75. The normalized spacial score (nSPS) is 13.7. The highest BCUT2D eigenvalue weighted by atomic mass is 79.9. The summed E-state index contributed by atoms with van der Waals surface area (Å²) in [6, 6.07) is 7.78. The van der Waals surface area contributed by atoms with Crippen molar-refractivity contribution < 1.29 is 27.5 Å². The molecule has 0 unspecified atom stereocenters. The summed E-state index contributed by atoms with van der Waals surface area (Å²) in [5, 5.41) is 0. The second kappa shape index (κ2) is 5.69. The molecule has 8 heteroatoms. The number of fused-ring (bicyclic) bond motifs is 1. The van der Waals surface area contributed by atoms with Crippen LogP contribution in [-0.4, -0.2) is 18.4 Å². The molecule has 4 nitrogen and oxygen atoms in total. The van der Waals surface area contributed by atoms with Gasteiger partial charge < -0.3 is 4.74 Å². The molecular weight excluding hydrogens is 379 g/mol. The van der Waals surface area contributed by atoms with Crippen molar-refractivity contribution in [2.75, 3.05) is 4.90 Å². The Morgan fingerprint density at radius 1 is 1.04 bits per heavy atom. The number of hydrogen-bond donors (Lipinski definition) is 0. The fourth-order valence-corrected chi connectivity index (χ4v) is 2.62. The SMILES string of the molecule is O=C1c2ccccc2C(=O)N1c1cc(Br)c(F)cc1OC(F)F. The van der Waals surface area contributed by atoms with Gasteiger partial charge in [0, 0.05) is 6.07 Å². The molecule has 0 aromatic heterocycles. The molecule has 0 saturated carbocycles. The summed E-state index contributed by atoms with van der Waals surface area (Å²) in [5.74, 6) is -2.84. The predicted octanol–water partition coefficient (Wildman–Crippen LogP) is 3.99. The van der Waals surface area contributed by atoms with E-state index >= 15 is 0 Å². The second-order valence-corrected chi connectivity index (χ2v) is 5.46. The van der Waals surface area contributed by atoms with Crippen LogP contribution in [0.5, 0.6) is 5.75 Å². The van der Waals surface area contributed by atoms with Crippen LogP contribution in [-0.2, 0) is 0 Å². The Morgan fingerprint density at radius 3 is 2.13 bits per heavy atom. The lowest BCUT2D eigenvalue weighted by molar-refractivity contribution is -0.0496. The summed E-state index contributed by atoms with van der Waals surface area (Å²) in [7, 11) is 0. The second-order valence-electron chi connectivity index (χ2n) is 4.60. The Balaban J connectivity index is 2.14. The quantitative estimate of drug-likeness (QED) is 0.750. The van der Waals surface area contributed by atoms with E-state index in [9.17, 15) is 22.8 Å². The minimum Gasteiger partial charge on any atom is -0.432 e. The number of amides is 2. The topological polar surface area (TPSA) is 46.6 Å². The summed E-state index contributed by atoms with van der Waals surface area (Å²) in [4.78, 5) is 25.5. The van der Waals surface area contributed by atoms with Crippen LogP contribution < -0.4 is 9.64 Å². The van der Waals surface area contributed by atoms with Crippen molar-refractivity contribution in [3.63, 3.8) is 0 Å². The maximum Gasteiger partial charge on any atom is 0.387 e. The lowest BCUT2D eigenvalue weighted by atomic mass is 10.1. The van der Waals surface area contributed by atoms with E-state index in [0.29, 0.717) is 11.0 Å². The Bertz CT molecular complexity index is 791. The first-order chi connectivity index (χ1) is 10.9. The number of hydrogen-bond acceptors (Lipinski definition) is 3. The highest BCUT2D eigenvalue weighted by Gasteiger charge is 2.38. The largest absolute Gasteiger partial charge is 0.432 e. The first kappa shape index (κ1) is 15.5. The maximum atomic E-state index is 13.6. The number of carbonyl (C=O) groups excluding carboxylic acids is 2. The Labute approximate surface area is 136 Å². The Hall–Kier alpha value is -2.35. The van der Waals surface area contributed by atoms with Gasteiger partial charge in [0.25, 0.3) is 11.8 Å². The van der Waals surface area contributed by atoms with E-state index in [0.717, 1.165) is 6.07 Å². The molecule has 0 aliphatic carbocycles. The number of ether oxygens (including phenoxy) is 1. The van der Waals surface area contributed by atoms with Gasteiger partial charge in [-0.25, -0.2) is 9.29 Å². The van der Waals surface area contributed by atoms with Gasteiger partial charge in [-0.15, -0.1) is 0 Å². The van der Waals surface area contributed by atoms with Crippen LogP contribution >= 0.6 is 15.9 Å². The van der Waals surface area contributed by atoms with Crippen molar-refractivity contribution in [2.24, 2.45) is 0 Å². The smallest absolute Gasteiger partial charge is 0.387 e. The molecule has 0 radical (unpaired) electrons. The molecule has 0 spiro atoms. The van der Waals surface area contributed by atoms with E-state index in [1.54, 1.807) is 12.1 Å². The molecule has 0 bridgehead atoms. The van der Waals surface area contributed by atoms with Crippen LogP contribution in [0.4, 0.5) is 18.9 Å². The molecule has 0 N–H and O–H groups in total. The van der Waals surface area contributed by atoms with E-state index in [1.165, 1.54) is 12.1 Å². The molecule has 2 aromatic carbocycles.